The van der Waals surface area contributed by atoms with E-state index in [1.807, 2.05) is 0 Å². The summed E-state index contributed by atoms with van der Waals surface area (Å²) in [6, 6.07) is 0. The van der Waals surface area contributed by atoms with E-state index in [4.69, 9.17) is 10.2 Å². The van der Waals surface area contributed by atoms with Crippen LogP contribution in [0.1, 0.15) is 19.8 Å². The van der Waals surface area contributed by atoms with Gasteiger partial charge in [0.25, 0.3) is 0 Å². The summed E-state index contributed by atoms with van der Waals surface area (Å²) in [6.07, 6.45) is -10.1. The quantitative estimate of drug-likeness (QED) is 0.174. The molecule has 0 fully saturated rings. The standard InChI is InChI=1S/C12H18O11/c1-5(14)9(19)10(6(15)4-13)23-8(18)3-12(22,11(20)21)2-7(16)17/h4-6,9-10,14-15,19,22H,2-3H2,1H3,(H,16,17)(H,20,21)/t5-,6-,9-,10-,12?/m0/s1. The lowest BCUT2D eigenvalue weighted by Crippen LogP contribution is -2.49. The largest absolute Gasteiger partial charge is 0.481 e. The van der Waals surface area contributed by atoms with Gasteiger partial charge in [0, 0.05) is 0 Å². The van der Waals surface area contributed by atoms with Gasteiger partial charge >= 0.3 is 17.9 Å². The second kappa shape index (κ2) is 8.53. The number of hydrogen-bond donors (Lipinski definition) is 6. The average molecular weight is 338 g/mol. The normalized spacial score (nSPS) is 18.8. The van der Waals surface area contributed by atoms with Gasteiger partial charge < -0.3 is 40.2 Å². The van der Waals surface area contributed by atoms with E-state index in [0.717, 1.165) is 6.92 Å². The molecule has 0 aliphatic rings. The highest BCUT2D eigenvalue weighted by atomic mass is 16.6. The van der Waals surface area contributed by atoms with E-state index in [-0.39, 0.29) is 6.29 Å². The minimum atomic E-state index is -2.98. The molecular weight excluding hydrogens is 320 g/mol. The van der Waals surface area contributed by atoms with Crippen LogP contribution in [0.15, 0.2) is 0 Å². The zero-order valence-corrected chi connectivity index (χ0v) is 12.0. The summed E-state index contributed by atoms with van der Waals surface area (Å²) in [5, 5.41) is 55.1. The van der Waals surface area contributed by atoms with Gasteiger partial charge in [0.05, 0.1) is 18.9 Å². The van der Waals surface area contributed by atoms with Crippen molar-refractivity contribution < 1.29 is 54.6 Å². The van der Waals surface area contributed by atoms with Gasteiger partial charge in [-0.2, -0.15) is 0 Å². The molecule has 0 saturated heterocycles. The Hall–Kier alpha value is -2.08. The Morgan fingerprint density at radius 2 is 1.65 bits per heavy atom. The molecule has 0 radical (unpaired) electrons. The third-order valence-corrected chi connectivity index (χ3v) is 2.85. The fourth-order valence-electron chi connectivity index (χ4n) is 1.59. The van der Waals surface area contributed by atoms with Crippen molar-refractivity contribution in [2.75, 3.05) is 0 Å². The molecule has 132 valence electrons. The van der Waals surface area contributed by atoms with Gasteiger partial charge in [-0.05, 0) is 6.92 Å². The number of carboxylic acid groups (broad SMARTS) is 2. The van der Waals surface area contributed by atoms with Gasteiger partial charge in [-0.1, -0.05) is 0 Å². The molecule has 6 N–H and O–H groups in total. The number of hydrogen-bond acceptors (Lipinski definition) is 9. The molecule has 0 aromatic heterocycles. The number of aliphatic carboxylic acids is 2. The monoisotopic (exact) mass is 338 g/mol. The lowest BCUT2D eigenvalue weighted by molar-refractivity contribution is -0.182. The van der Waals surface area contributed by atoms with Gasteiger partial charge in [0.15, 0.2) is 18.0 Å². The van der Waals surface area contributed by atoms with Crippen LogP contribution in [0.5, 0.6) is 0 Å². The molecule has 23 heavy (non-hydrogen) atoms. The van der Waals surface area contributed by atoms with Crippen molar-refractivity contribution in [3.05, 3.63) is 0 Å². The van der Waals surface area contributed by atoms with E-state index >= 15 is 0 Å². The molecule has 0 heterocycles. The lowest BCUT2D eigenvalue weighted by atomic mass is 9.95. The van der Waals surface area contributed by atoms with Crippen molar-refractivity contribution in [1.29, 1.82) is 0 Å². The summed E-state index contributed by atoms with van der Waals surface area (Å²) in [5.74, 6) is -5.20. The van der Waals surface area contributed by atoms with Crippen LogP contribution >= 0.6 is 0 Å². The topological polar surface area (TPSA) is 199 Å². The van der Waals surface area contributed by atoms with Crippen LogP contribution < -0.4 is 0 Å². The van der Waals surface area contributed by atoms with Crippen LogP contribution in [0.4, 0.5) is 0 Å². The van der Waals surface area contributed by atoms with Crippen LogP contribution in [0.2, 0.25) is 0 Å². The van der Waals surface area contributed by atoms with Crippen LogP contribution in [0.3, 0.4) is 0 Å². The number of aldehydes is 1. The second-order valence-electron chi connectivity index (χ2n) is 4.90. The molecule has 0 spiro atoms. The first-order chi connectivity index (χ1) is 10.4. The summed E-state index contributed by atoms with van der Waals surface area (Å²) in [7, 11) is 0. The number of carboxylic acids is 2. The molecule has 11 nitrogen and oxygen atoms in total. The van der Waals surface area contributed by atoms with Gasteiger partial charge in [-0.25, -0.2) is 4.79 Å². The van der Waals surface area contributed by atoms with E-state index in [0.29, 0.717) is 0 Å². The molecule has 1 unspecified atom stereocenters. The second-order valence-corrected chi connectivity index (χ2v) is 4.90. The predicted molar refractivity (Wildman–Crippen MR) is 69.1 cm³/mol. The summed E-state index contributed by atoms with van der Waals surface area (Å²) in [4.78, 5) is 43.6. The van der Waals surface area contributed by atoms with E-state index in [2.05, 4.69) is 4.74 Å². The maximum absolute atomic E-state index is 11.6. The van der Waals surface area contributed by atoms with Crippen LogP contribution in [0.25, 0.3) is 0 Å². The van der Waals surface area contributed by atoms with E-state index in [1.165, 1.54) is 0 Å². The van der Waals surface area contributed by atoms with Crippen molar-refractivity contribution in [3.63, 3.8) is 0 Å². The SMILES string of the molecule is C[C@H](O)[C@H](O)[C@@H](OC(=O)CC(O)(CC(=O)O)C(=O)O)[C@@H](O)C=O. The zero-order chi connectivity index (χ0) is 18.4. The molecule has 0 aliphatic heterocycles. The van der Waals surface area contributed by atoms with Crippen LogP contribution in [0, 0.1) is 0 Å². The lowest BCUT2D eigenvalue weighted by Gasteiger charge is -2.28. The smallest absolute Gasteiger partial charge is 0.336 e. The van der Waals surface area contributed by atoms with Gasteiger partial charge in [0.2, 0.25) is 0 Å². The number of ether oxygens (including phenoxy) is 1. The van der Waals surface area contributed by atoms with Crippen molar-refractivity contribution in [2.45, 2.75) is 49.8 Å². The van der Waals surface area contributed by atoms with E-state index in [1.54, 1.807) is 0 Å². The van der Waals surface area contributed by atoms with Crippen molar-refractivity contribution >= 4 is 24.2 Å². The predicted octanol–water partition coefficient (Wildman–Crippen LogP) is -3.12. The third kappa shape index (κ3) is 6.28. The van der Waals surface area contributed by atoms with Gasteiger partial charge in [0.1, 0.15) is 12.2 Å². The fourth-order valence-corrected chi connectivity index (χ4v) is 1.59. The first-order valence-electron chi connectivity index (χ1n) is 6.31. The highest BCUT2D eigenvalue weighted by Gasteiger charge is 2.43. The molecule has 0 saturated carbocycles. The van der Waals surface area contributed by atoms with Crippen LogP contribution in [-0.4, -0.2) is 84.9 Å². The number of aliphatic hydroxyl groups is 4. The van der Waals surface area contributed by atoms with E-state index < -0.39 is 60.8 Å². The molecule has 11 heteroatoms. The molecule has 0 aromatic carbocycles. The number of rotatable bonds is 10. The van der Waals surface area contributed by atoms with E-state index in [9.17, 15) is 39.6 Å². The Morgan fingerprint density at radius 1 is 1.13 bits per heavy atom. The first kappa shape index (κ1) is 20.9. The molecule has 5 atom stereocenters. The van der Waals surface area contributed by atoms with Crippen LogP contribution in [-0.2, 0) is 23.9 Å². The summed E-state index contributed by atoms with van der Waals surface area (Å²) in [5.41, 5.74) is -2.98. The Morgan fingerprint density at radius 3 is 2.00 bits per heavy atom. The third-order valence-electron chi connectivity index (χ3n) is 2.85. The van der Waals surface area contributed by atoms with Crippen molar-refractivity contribution in [2.24, 2.45) is 0 Å². The molecule has 0 aromatic rings. The minimum absolute atomic E-state index is 0.0931. The molecule has 0 bridgehead atoms. The molecular formula is C12H18O11. The molecule has 0 amide bonds. The minimum Gasteiger partial charge on any atom is -0.481 e. The summed E-state index contributed by atoms with van der Waals surface area (Å²) >= 11 is 0. The molecule has 0 rings (SSSR count). The fraction of sp³-hybridized carbons (Fsp3) is 0.667. The number of carbonyl (C=O) groups excluding carboxylic acids is 2. The summed E-state index contributed by atoms with van der Waals surface area (Å²) < 4.78 is 4.51. The number of aliphatic hydroxyl groups excluding tert-OH is 3. The number of carbonyl (C=O) groups is 4. The van der Waals surface area contributed by atoms with Gasteiger partial charge in [-0.3, -0.25) is 9.59 Å². The highest BCUT2D eigenvalue weighted by Crippen LogP contribution is 2.19. The summed E-state index contributed by atoms with van der Waals surface area (Å²) in [6.45, 7) is 1.07. The highest BCUT2D eigenvalue weighted by molar-refractivity contribution is 5.88. The Labute approximate surface area is 129 Å². The van der Waals surface area contributed by atoms with Crippen molar-refractivity contribution in [3.8, 4) is 0 Å². The average Bonchev–Trinajstić information content (AvgIpc) is 2.41. The molecule has 0 aliphatic carbocycles. The number of esters is 1. The maximum atomic E-state index is 11.6. The zero-order valence-electron chi connectivity index (χ0n) is 12.0. The Balaban J connectivity index is 5.15. The Kier molecular flexibility index (Phi) is 7.75. The first-order valence-corrected chi connectivity index (χ1v) is 6.31. The maximum Gasteiger partial charge on any atom is 0.336 e. The van der Waals surface area contributed by atoms with Gasteiger partial charge in [-0.15, -0.1) is 0 Å². The van der Waals surface area contributed by atoms with Crippen molar-refractivity contribution in [1.82, 2.24) is 0 Å². The Bertz CT molecular complexity index is 460.